The summed E-state index contributed by atoms with van der Waals surface area (Å²) in [5.41, 5.74) is 3.34. The second kappa shape index (κ2) is 5.18. The highest BCUT2D eigenvalue weighted by Gasteiger charge is 2.15. The second-order valence-electron chi connectivity index (χ2n) is 4.33. The molecular formula is C13H12N4OS2. The first-order chi connectivity index (χ1) is 9.65. The Kier molecular flexibility index (Phi) is 3.37. The molecule has 3 heterocycles. The summed E-state index contributed by atoms with van der Waals surface area (Å²) < 4.78 is 0. The first kappa shape index (κ1) is 13.0. The van der Waals surface area contributed by atoms with Crippen molar-refractivity contribution in [2.24, 2.45) is 0 Å². The summed E-state index contributed by atoms with van der Waals surface area (Å²) in [5.74, 6) is 0.315. The number of thiophene rings is 1. The predicted molar refractivity (Wildman–Crippen MR) is 81.4 cm³/mol. The van der Waals surface area contributed by atoms with Gasteiger partial charge in [0.2, 0.25) is 0 Å². The third-order valence-corrected chi connectivity index (χ3v) is 4.56. The maximum absolute atomic E-state index is 12.1. The van der Waals surface area contributed by atoms with Gasteiger partial charge in [0.15, 0.2) is 5.82 Å². The summed E-state index contributed by atoms with van der Waals surface area (Å²) in [6.45, 7) is 3.82. The summed E-state index contributed by atoms with van der Waals surface area (Å²) in [4.78, 5) is 16.5. The van der Waals surface area contributed by atoms with Crippen LogP contribution in [0.5, 0.6) is 0 Å². The van der Waals surface area contributed by atoms with Crippen LogP contribution in [-0.4, -0.2) is 21.1 Å². The van der Waals surface area contributed by atoms with Crippen LogP contribution in [0.1, 0.15) is 21.7 Å². The van der Waals surface area contributed by atoms with Gasteiger partial charge in [-0.2, -0.15) is 16.4 Å². The van der Waals surface area contributed by atoms with Gasteiger partial charge >= 0.3 is 0 Å². The Morgan fingerprint density at radius 2 is 2.20 bits per heavy atom. The molecule has 1 amide bonds. The minimum atomic E-state index is -0.239. The molecule has 5 nitrogen and oxygen atoms in total. The number of amides is 1. The molecule has 0 aliphatic carbocycles. The summed E-state index contributed by atoms with van der Waals surface area (Å²) in [5, 5.41) is 16.3. The van der Waals surface area contributed by atoms with E-state index in [4.69, 9.17) is 0 Å². The minimum Gasteiger partial charge on any atom is -0.303 e. The van der Waals surface area contributed by atoms with Crippen molar-refractivity contribution >= 4 is 34.4 Å². The van der Waals surface area contributed by atoms with E-state index in [0.717, 1.165) is 21.8 Å². The average molecular weight is 304 g/mol. The smallest absolute Gasteiger partial charge is 0.276 e. The largest absolute Gasteiger partial charge is 0.303 e. The number of hydrogen-bond donors (Lipinski definition) is 2. The van der Waals surface area contributed by atoms with Crippen LogP contribution in [0.15, 0.2) is 22.2 Å². The number of hydrogen-bond acceptors (Lipinski definition) is 5. The number of nitrogens with one attached hydrogen (secondary N) is 2. The molecule has 3 aromatic heterocycles. The van der Waals surface area contributed by atoms with E-state index in [0.29, 0.717) is 11.5 Å². The molecule has 0 bridgehead atoms. The van der Waals surface area contributed by atoms with Gasteiger partial charge < -0.3 is 5.32 Å². The number of aromatic amines is 1. The Balaban J connectivity index is 1.80. The number of rotatable bonds is 3. The molecule has 0 unspecified atom stereocenters. The fourth-order valence-corrected chi connectivity index (χ4v) is 3.19. The number of nitrogens with zero attached hydrogens (tertiary/aromatic N) is 2. The highest BCUT2D eigenvalue weighted by molar-refractivity contribution is 7.14. The lowest BCUT2D eigenvalue weighted by atomic mass is 10.3. The normalized spacial score (nSPS) is 10.7. The van der Waals surface area contributed by atoms with Crippen molar-refractivity contribution < 1.29 is 4.79 Å². The first-order valence-electron chi connectivity index (χ1n) is 5.96. The number of aryl methyl sites for hydroxylation is 1. The van der Waals surface area contributed by atoms with Gasteiger partial charge in [-0.3, -0.25) is 9.89 Å². The Hall–Kier alpha value is -1.99. The summed E-state index contributed by atoms with van der Waals surface area (Å²) in [6, 6.07) is 1.99. The van der Waals surface area contributed by atoms with Crippen LogP contribution in [0.3, 0.4) is 0 Å². The Morgan fingerprint density at radius 1 is 1.35 bits per heavy atom. The van der Waals surface area contributed by atoms with Gasteiger partial charge in [0.05, 0.1) is 0 Å². The van der Waals surface area contributed by atoms with Gasteiger partial charge in [-0.15, -0.1) is 11.3 Å². The Bertz CT molecular complexity index is 742. The minimum absolute atomic E-state index is 0.239. The number of carbonyl (C=O) groups is 1. The Morgan fingerprint density at radius 3 is 2.85 bits per heavy atom. The van der Waals surface area contributed by atoms with Crippen molar-refractivity contribution in [2.75, 3.05) is 5.32 Å². The lowest BCUT2D eigenvalue weighted by Gasteiger charge is -2.00. The number of aromatic nitrogens is 3. The molecule has 0 radical (unpaired) electrons. The van der Waals surface area contributed by atoms with E-state index in [2.05, 4.69) is 20.5 Å². The van der Waals surface area contributed by atoms with Crippen LogP contribution in [0.4, 0.5) is 5.82 Å². The number of thiazole rings is 1. The first-order valence-corrected chi connectivity index (χ1v) is 7.78. The van der Waals surface area contributed by atoms with Crippen molar-refractivity contribution in [3.63, 3.8) is 0 Å². The molecule has 3 rings (SSSR count). The standard InChI is InChI=1S/C13H12N4OS2/c1-7-8(2)16-17-11(7)15-12(18)10-6-20-13(14-10)9-3-4-19-5-9/h3-6H,1-2H3,(H2,15,16,17,18). The van der Waals surface area contributed by atoms with Gasteiger partial charge in [0.25, 0.3) is 5.91 Å². The molecule has 20 heavy (non-hydrogen) atoms. The van der Waals surface area contributed by atoms with E-state index in [-0.39, 0.29) is 5.91 Å². The van der Waals surface area contributed by atoms with E-state index in [9.17, 15) is 4.79 Å². The second-order valence-corrected chi connectivity index (χ2v) is 5.96. The molecule has 7 heteroatoms. The van der Waals surface area contributed by atoms with Crippen LogP contribution in [0, 0.1) is 13.8 Å². The van der Waals surface area contributed by atoms with Crippen LogP contribution < -0.4 is 5.32 Å². The van der Waals surface area contributed by atoms with Crippen LogP contribution >= 0.6 is 22.7 Å². The maximum atomic E-state index is 12.1. The molecule has 0 aliphatic heterocycles. The SMILES string of the molecule is Cc1[nH]nc(NC(=O)c2csc(-c3ccsc3)n2)c1C. The van der Waals surface area contributed by atoms with E-state index in [1.54, 1.807) is 16.7 Å². The molecule has 2 N–H and O–H groups in total. The van der Waals surface area contributed by atoms with Crippen molar-refractivity contribution in [3.05, 3.63) is 39.2 Å². The average Bonchev–Trinajstić information content (AvgIpc) is 3.14. The number of anilines is 1. The van der Waals surface area contributed by atoms with Gasteiger partial charge in [-0.25, -0.2) is 4.98 Å². The van der Waals surface area contributed by atoms with Gasteiger partial charge in [0, 0.05) is 27.6 Å². The van der Waals surface area contributed by atoms with Crippen molar-refractivity contribution in [2.45, 2.75) is 13.8 Å². The molecule has 0 spiro atoms. The molecule has 0 aliphatic rings. The number of carbonyl (C=O) groups excluding carboxylic acids is 1. The van der Waals surface area contributed by atoms with Crippen molar-refractivity contribution in [1.29, 1.82) is 0 Å². The lowest BCUT2D eigenvalue weighted by Crippen LogP contribution is -2.13. The lowest BCUT2D eigenvalue weighted by molar-refractivity contribution is 0.102. The molecule has 102 valence electrons. The molecule has 0 aromatic carbocycles. The highest BCUT2D eigenvalue weighted by Crippen LogP contribution is 2.26. The molecular weight excluding hydrogens is 292 g/mol. The monoisotopic (exact) mass is 304 g/mol. The van der Waals surface area contributed by atoms with Gasteiger partial charge in [-0.1, -0.05) is 0 Å². The maximum Gasteiger partial charge on any atom is 0.276 e. The zero-order chi connectivity index (χ0) is 14.1. The quantitative estimate of drug-likeness (QED) is 0.778. The molecule has 0 atom stereocenters. The fourth-order valence-electron chi connectivity index (χ4n) is 1.68. The summed E-state index contributed by atoms with van der Waals surface area (Å²) >= 11 is 3.07. The summed E-state index contributed by atoms with van der Waals surface area (Å²) in [7, 11) is 0. The van der Waals surface area contributed by atoms with E-state index in [1.807, 2.05) is 30.7 Å². The Labute approximate surface area is 123 Å². The van der Waals surface area contributed by atoms with Crippen LogP contribution in [-0.2, 0) is 0 Å². The van der Waals surface area contributed by atoms with Crippen molar-refractivity contribution in [3.8, 4) is 10.6 Å². The highest BCUT2D eigenvalue weighted by atomic mass is 32.1. The van der Waals surface area contributed by atoms with Gasteiger partial charge in [0.1, 0.15) is 10.7 Å². The van der Waals surface area contributed by atoms with Crippen LogP contribution in [0.2, 0.25) is 0 Å². The summed E-state index contributed by atoms with van der Waals surface area (Å²) in [6.07, 6.45) is 0. The molecule has 0 saturated heterocycles. The number of H-pyrrole nitrogens is 1. The molecule has 0 fully saturated rings. The third-order valence-electron chi connectivity index (χ3n) is 2.99. The zero-order valence-corrected chi connectivity index (χ0v) is 12.6. The zero-order valence-electron chi connectivity index (χ0n) is 10.9. The van der Waals surface area contributed by atoms with Crippen LogP contribution in [0.25, 0.3) is 10.6 Å². The van der Waals surface area contributed by atoms with Gasteiger partial charge in [-0.05, 0) is 25.3 Å². The van der Waals surface area contributed by atoms with Crippen molar-refractivity contribution in [1.82, 2.24) is 15.2 Å². The third kappa shape index (κ3) is 2.37. The predicted octanol–water partition coefficient (Wildman–Crippen LogP) is 3.46. The van der Waals surface area contributed by atoms with E-state index in [1.165, 1.54) is 11.3 Å². The van der Waals surface area contributed by atoms with E-state index < -0.39 is 0 Å². The molecule has 3 aromatic rings. The molecule has 0 saturated carbocycles. The topological polar surface area (TPSA) is 70.7 Å². The van der Waals surface area contributed by atoms with E-state index >= 15 is 0 Å². The fraction of sp³-hybridized carbons (Fsp3) is 0.154.